The molecule has 0 saturated carbocycles. The standard InChI is InChI=1S/C18H14N2/c1-13-7-2-3-8-14(13)18-17-11-6-12-20(17)16-10-5-4-9-15(16)19-18/h2-12H,1H3. The molecule has 0 unspecified atom stereocenters. The maximum absolute atomic E-state index is 4.89. The Kier molecular flexibility index (Phi) is 2.36. The van der Waals surface area contributed by atoms with E-state index in [1.165, 1.54) is 11.1 Å². The van der Waals surface area contributed by atoms with E-state index in [-0.39, 0.29) is 0 Å². The highest BCUT2D eigenvalue weighted by atomic mass is 14.9. The van der Waals surface area contributed by atoms with E-state index in [1.807, 2.05) is 6.07 Å². The van der Waals surface area contributed by atoms with Gasteiger partial charge in [0, 0.05) is 11.8 Å². The van der Waals surface area contributed by atoms with E-state index in [0.717, 1.165) is 22.2 Å². The van der Waals surface area contributed by atoms with Crippen LogP contribution in [-0.2, 0) is 0 Å². The first-order valence-electron chi connectivity index (χ1n) is 6.76. The van der Waals surface area contributed by atoms with Gasteiger partial charge in [-0.05, 0) is 36.8 Å². The normalized spacial score (nSPS) is 11.2. The average molecular weight is 258 g/mol. The highest BCUT2D eigenvalue weighted by Gasteiger charge is 2.10. The molecule has 2 nitrogen and oxygen atoms in total. The van der Waals surface area contributed by atoms with Crippen molar-refractivity contribution >= 4 is 16.6 Å². The molecule has 0 aliphatic rings. The molecule has 0 aliphatic carbocycles. The molecule has 96 valence electrons. The van der Waals surface area contributed by atoms with Crippen molar-refractivity contribution in [3.63, 3.8) is 0 Å². The number of rotatable bonds is 1. The first-order chi connectivity index (χ1) is 9.84. The second kappa shape index (κ2) is 4.20. The van der Waals surface area contributed by atoms with Crippen molar-refractivity contribution in [2.75, 3.05) is 0 Å². The number of benzene rings is 2. The Morgan fingerprint density at radius 1 is 0.800 bits per heavy atom. The molecule has 2 heterocycles. The van der Waals surface area contributed by atoms with Crippen LogP contribution >= 0.6 is 0 Å². The third-order valence-electron chi connectivity index (χ3n) is 3.77. The van der Waals surface area contributed by atoms with Crippen LogP contribution in [0.5, 0.6) is 0 Å². The Balaban J connectivity index is 2.17. The zero-order valence-electron chi connectivity index (χ0n) is 11.2. The lowest BCUT2D eigenvalue weighted by Crippen LogP contribution is -1.95. The van der Waals surface area contributed by atoms with Crippen molar-refractivity contribution in [2.45, 2.75) is 6.92 Å². The summed E-state index contributed by atoms with van der Waals surface area (Å²) in [5.74, 6) is 0. The molecule has 2 heteroatoms. The average Bonchev–Trinajstić information content (AvgIpc) is 2.97. The lowest BCUT2D eigenvalue weighted by molar-refractivity contribution is 1.22. The summed E-state index contributed by atoms with van der Waals surface area (Å²) in [6, 6.07) is 20.9. The molecule has 0 fully saturated rings. The molecule has 0 spiro atoms. The lowest BCUT2D eigenvalue weighted by atomic mass is 10.0. The predicted octanol–water partition coefficient (Wildman–Crippen LogP) is 4.46. The van der Waals surface area contributed by atoms with Gasteiger partial charge < -0.3 is 4.40 Å². The van der Waals surface area contributed by atoms with Crippen LogP contribution in [0.25, 0.3) is 27.8 Å². The van der Waals surface area contributed by atoms with Gasteiger partial charge in [0.2, 0.25) is 0 Å². The Morgan fingerprint density at radius 2 is 1.55 bits per heavy atom. The van der Waals surface area contributed by atoms with Gasteiger partial charge in [-0.15, -0.1) is 0 Å². The van der Waals surface area contributed by atoms with Gasteiger partial charge in [-0.3, -0.25) is 0 Å². The zero-order chi connectivity index (χ0) is 13.5. The fourth-order valence-electron chi connectivity index (χ4n) is 2.76. The number of para-hydroxylation sites is 2. The zero-order valence-corrected chi connectivity index (χ0v) is 11.2. The van der Waals surface area contributed by atoms with Gasteiger partial charge in [0.1, 0.15) is 0 Å². The van der Waals surface area contributed by atoms with Crippen molar-refractivity contribution in [3.8, 4) is 11.3 Å². The second-order valence-electron chi connectivity index (χ2n) is 5.03. The van der Waals surface area contributed by atoms with Gasteiger partial charge in [-0.2, -0.15) is 0 Å². The minimum atomic E-state index is 1.02. The van der Waals surface area contributed by atoms with Crippen LogP contribution < -0.4 is 0 Å². The third kappa shape index (κ3) is 1.55. The Morgan fingerprint density at radius 3 is 2.45 bits per heavy atom. The number of fused-ring (bicyclic) bond motifs is 3. The molecule has 2 aromatic carbocycles. The predicted molar refractivity (Wildman–Crippen MR) is 82.9 cm³/mol. The summed E-state index contributed by atoms with van der Waals surface area (Å²) in [5.41, 5.74) is 6.81. The minimum Gasteiger partial charge on any atom is -0.313 e. The summed E-state index contributed by atoms with van der Waals surface area (Å²) in [4.78, 5) is 4.89. The van der Waals surface area contributed by atoms with Crippen molar-refractivity contribution < 1.29 is 0 Å². The monoisotopic (exact) mass is 258 g/mol. The second-order valence-corrected chi connectivity index (χ2v) is 5.03. The van der Waals surface area contributed by atoms with Gasteiger partial charge >= 0.3 is 0 Å². The molecule has 4 rings (SSSR count). The molecule has 0 N–H and O–H groups in total. The molecule has 0 aliphatic heterocycles. The number of hydrogen-bond donors (Lipinski definition) is 0. The summed E-state index contributed by atoms with van der Waals surface area (Å²) in [5, 5.41) is 0. The minimum absolute atomic E-state index is 1.02. The van der Waals surface area contributed by atoms with E-state index < -0.39 is 0 Å². The van der Waals surface area contributed by atoms with Crippen molar-refractivity contribution in [3.05, 3.63) is 72.4 Å². The first kappa shape index (κ1) is 11.2. The molecule has 0 saturated heterocycles. The van der Waals surface area contributed by atoms with E-state index in [4.69, 9.17) is 4.98 Å². The van der Waals surface area contributed by atoms with Gasteiger partial charge in [-0.1, -0.05) is 36.4 Å². The van der Waals surface area contributed by atoms with E-state index in [1.54, 1.807) is 0 Å². The van der Waals surface area contributed by atoms with Crippen molar-refractivity contribution in [1.82, 2.24) is 9.38 Å². The fourth-order valence-corrected chi connectivity index (χ4v) is 2.76. The summed E-state index contributed by atoms with van der Waals surface area (Å²) < 4.78 is 2.21. The fraction of sp³-hybridized carbons (Fsp3) is 0.0556. The van der Waals surface area contributed by atoms with E-state index in [2.05, 4.69) is 72.1 Å². The van der Waals surface area contributed by atoms with E-state index >= 15 is 0 Å². The van der Waals surface area contributed by atoms with Crippen LogP contribution in [0.2, 0.25) is 0 Å². The quantitative estimate of drug-likeness (QED) is 0.492. The summed E-state index contributed by atoms with van der Waals surface area (Å²) in [6.07, 6.45) is 2.10. The van der Waals surface area contributed by atoms with Crippen LogP contribution in [0.3, 0.4) is 0 Å². The maximum Gasteiger partial charge on any atom is 0.0953 e. The van der Waals surface area contributed by atoms with Crippen LogP contribution in [0.15, 0.2) is 66.9 Å². The molecule has 0 amide bonds. The lowest BCUT2D eigenvalue weighted by Gasteiger charge is -2.10. The van der Waals surface area contributed by atoms with Crippen molar-refractivity contribution in [2.24, 2.45) is 0 Å². The maximum atomic E-state index is 4.89. The van der Waals surface area contributed by atoms with Crippen molar-refractivity contribution in [1.29, 1.82) is 0 Å². The van der Waals surface area contributed by atoms with Gasteiger partial charge in [-0.25, -0.2) is 4.98 Å². The topological polar surface area (TPSA) is 17.3 Å². The largest absolute Gasteiger partial charge is 0.313 e. The van der Waals surface area contributed by atoms with E-state index in [0.29, 0.717) is 0 Å². The molecule has 0 bridgehead atoms. The number of aryl methyl sites for hydroxylation is 1. The number of aromatic nitrogens is 2. The number of nitrogens with zero attached hydrogens (tertiary/aromatic N) is 2. The van der Waals surface area contributed by atoms with Crippen LogP contribution in [0, 0.1) is 6.92 Å². The molecule has 0 radical (unpaired) electrons. The molecule has 20 heavy (non-hydrogen) atoms. The third-order valence-corrected chi connectivity index (χ3v) is 3.77. The SMILES string of the molecule is Cc1ccccc1-c1nc2ccccc2n2cccc12. The molecule has 2 aromatic heterocycles. The molecular formula is C18H14N2. The van der Waals surface area contributed by atoms with Gasteiger partial charge in [0.05, 0.1) is 22.2 Å². The Bertz CT molecular complexity index is 919. The first-order valence-corrected chi connectivity index (χ1v) is 6.76. The summed E-state index contributed by atoms with van der Waals surface area (Å²) in [6.45, 7) is 2.13. The van der Waals surface area contributed by atoms with Crippen LogP contribution in [0.1, 0.15) is 5.56 Å². The molecular weight excluding hydrogens is 244 g/mol. The Labute approximate surface area is 117 Å². The van der Waals surface area contributed by atoms with Gasteiger partial charge in [0.15, 0.2) is 0 Å². The van der Waals surface area contributed by atoms with Crippen LogP contribution in [0.4, 0.5) is 0 Å². The van der Waals surface area contributed by atoms with Gasteiger partial charge in [0.25, 0.3) is 0 Å². The number of hydrogen-bond acceptors (Lipinski definition) is 1. The summed E-state index contributed by atoms with van der Waals surface area (Å²) >= 11 is 0. The smallest absolute Gasteiger partial charge is 0.0953 e. The highest BCUT2D eigenvalue weighted by Crippen LogP contribution is 2.28. The Hall–Kier alpha value is -2.61. The molecule has 4 aromatic rings. The highest BCUT2D eigenvalue weighted by molar-refractivity contribution is 5.88. The van der Waals surface area contributed by atoms with Crippen LogP contribution in [-0.4, -0.2) is 9.38 Å². The summed E-state index contributed by atoms with van der Waals surface area (Å²) in [7, 11) is 0. The van der Waals surface area contributed by atoms with E-state index in [9.17, 15) is 0 Å². The molecule has 0 atom stereocenters.